The smallest absolute Gasteiger partial charge is 0.269 e. The highest BCUT2D eigenvalue weighted by atomic mass is 16.2. The molecule has 4 rings (SSSR count). The monoisotopic (exact) mass is 408 g/mol. The third-order valence-corrected chi connectivity index (χ3v) is 6.11. The number of hydrogen-bond donors (Lipinski definition) is 0. The van der Waals surface area contributed by atoms with E-state index in [1.54, 1.807) is 28.3 Å². The van der Waals surface area contributed by atoms with Crippen molar-refractivity contribution in [2.45, 2.75) is 57.0 Å². The molecular weight excluding hydrogens is 380 g/mol. The molecule has 0 radical (unpaired) electrons. The molecule has 158 valence electrons. The second-order valence-corrected chi connectivity index (χ2v) is 8.06. The molecule has 2 amide bonds. The van der Waals surface area contributed by atoms with Crippen LogP contribution in [-0.4, -0.2) is 62.5 Å². The van der Waals surface area contributed by atoms with Crippen molar-refractivity contribution in [3.63, 3.8) is 0 Å². The molecule has 0 spiro atoms. The van der Waals surface area contributed by atoms with Crippen LogP contribution in [0.25, 0.3) is 0 Å². The van der Waals surface area contributed by atoms with E-state index >= 15 is 0 Å². The van der Waals surface area contributed by atoms with Gasteiger partial charge in [-0.2, -0.15) is 5.10 Å². The molecular formula is C23H28N4O3. The second kappa shape index (κ2) is 9.24. The minimum atomic E-state index is -0.493. The first-order valence-electron chi connectivity index (χ1n) is 10.8. The molecule has 2 atom stereocenters. The van der Waals surface area contributed by atoms with Gasteiger partial charge in [0, 0.05) is 31.9 Å². The number of rotatable bonds is 6. The zero-order valence-electron chi connectivity index (χ0n) is 17.2. The van der Waals surface area contributed by atoms with Crippen molar-refractivity contribution in [3.05, 3.63) is 54.4 Å². The third kappa shape index (κ3) is 4.30. The van der Waals surface area contributed by atoms with Crippen molar-refractivity contribution in [1.82, 2.24) is 19.6 Å². The summed E-state index contributed by atoms with van der Waals surface area (Å²) < 4.78 is 1.30. The predicted molar refractivity (Wildman–Crippen MR) is 112 cm³/mol. The van der Waals surface area contributed by atoms with Gasteiger partial charge in [-0.3, -0.25) is 14.4 Å². The number of aryl methyl sites for hydroxylation is 1. The van der Waals surface area contributed by atoms with Crippen LogP contribution in [0.3, 0.4) is 0 Å². The Labute approximate surface area is 176 Å². The molecule has 2 fully saturated rings. The van der Waals surface area contributed by atoms with Crippen LogP contribution in [0, 0.1) is 0 Å². The lowest BCUT2D eigenvalue weighted by molar-refractivity contribution is -0.144. The van der Waals surface area contributed by atoms with Gasteiger partial charge in [-0.1, -0.05) is 30.3 Å². The van der Waals surface area contributed by atoms with Crippen LogP contribution in [0.1, 0.15) is 48.9 Å². The zero-order chi connectivity index (χ0) is 20.9. The molecule has 2 aliphatic rings. The Hall–Kier alpha value is -2.96. The Bertz CT molecular complexity index is 881. The summed E-state index contributed by atoms with van der Waals surface area (Å²) >= 11 is 0. The summed E-state index contributed by atoms with van der Waals surface area (Å²) in [5.74, 6) is -0.229. The molecule has 7 nitrogen and oxygen atoms in total. The summed E-state index contributed by atoms with van der Waals surface area (Å²) in [5, 5.41) is 4.02. The maximum Gasteiger partial charge on any atom is 0.269 e. The van der Waals surface area contributed by atoms with Crippen molar-refractivity contribution < 1.29 is 14.4 Å². The number of aromatic nitrogens is 2. The summed E-state index contributed by atoms with van der Waals surface area (Å²) in [4.78, 5) is 42.3. The van der Waals surface area contributed by atoms with Gasteiger partial charge in [0.2, 0.25) is 11.8 Å². The predicted octanol–water partition coefficient (Wildman–Crippen LogP) is 2.53. The third-order valence-electron chi connectivity index (χ3n) is 6.11. The van der Waals surface area contributed by atoms with E-state index in [-0.39, 0.29) is 17.7 Å². The maximum atomic E-state index is 13.3. The standard InChI is InChI=1S/C23H28N4O3/c28-21(13-4-10-18-8-2-1-3-9-18)25-15-5-11-19(25)22(29)26-16-6-12-20(26)23(30)27-17-7-14-24-27/h1-3,7-9,14,17,19-20H,4-6,10-13,15-16H2/t19-,20-/m0/s1. The van der Waals surface area contributed by atoms with Gasteiger partial charge < -0.3 is 9.80 Å². The molecule has 2 aliphatic heterocycles. The fraction of sp³-hybridized carbons (Fsp3) is 0.478. The van der Waals surface area contributed by atoms with E-state index in [2.05, 4.69) is 17.2 Å². The first-order valence-corrected chi connectivity index (χ1v) is 10.8. The summed E-state index contributed by atoms with van der Waals surface area (Å²) in [5.41, 5.74) is 1.22. The molecule has 2 aromatic rings. The Morgan fingerprint density at radius 2 is 1.60 bits per heavy atom. The fourth-order valence-corrected chi connectivity index (χ4v) is 4.58. The average Bonchev–Trinajstić information content (AvgIpc) is 3.55. The minimum Gasteiger partial charge on any atom is -0.331 e. The SMILES string of the molecule is O=C(CCCc1ccccc1)N1CCC[C@H]1C(=O)N1CCC[C@H]1C(=O)n1cccn1. The van der Waals surface area contributed by atoms with E-state index in [0.717, 1.165) is 25.7 Å². The molecule has 1 aromatic carbocycles. The molecule has 1 aromatic heterocycles. The van der Waals surface area contributed by atoms with E-state index in [1.807, 2.05) is 18.2 Å². The second-order valence-electron chi connectivity index (χ2n) is 8.06. The molecule has 0 saturated carbocycles. The number of carbonyl (C=O) groups is 3. The van der Waals surface area contributed by atoms with E-state index in [4.69, 9.17) is 0 Å². The molecule has 2 saturated heterocycles. The summed E-state index contributed by atoms with van der Waals surface area (Å²) in [6.45, 7) is 1.18. The van der Waals surface area contributed by atoms with E-state index in [0.29, 0.717) is 32.4 Å². The lowest BCUT2D eigenvalue weighted by Gasteiger charge is -2.30. The summed E-state index contributed by atoms with van der Waals surface area (Å²) in [6.07, 6.45) is 8.16. The molecule has 0 unspecified atom stereocenters. The van der Waals surface area contributed by atoms with E-state index in [9.17, 15) is 14.4 Å². The molecule has 7 heteroatoms. The van der Waals surface area contributed by atoms with Gasteiger partial charge >= 0.3 is 0 Å². The maximum absolute atomic E-state index is 13.3. The van der Waals surface area contributed by atoms with E-state index < -0.39 is 12.1 Å². The number of nitrogens with zero attached hydrogens (tertiary/aromatic N) is 4. The van der Waals surface area contributed by atoms with Gasteiger partial charge in [0.05, 0.1) is 0 Å². The van der Waals surface area contributed by atoms with Crippen molar-refractivity contribution in [2.24, 2.45) is 0 Å². The van der Waals surface area contributed by atoms with Crippen molar-refractivity contribution in [3.8, 4) is 0 Å². The number of hydrogen-bond acceptors (Lipinski definition) is 4. The largest absolute Gasteiger partial charge is 0.331 e. The number of likely N-dealkylation sites (tertiary alicyclic amines) is 2. The Morgan fingerprint density at radius 1 is 0.900 bits per heavy atom. The van der Waals surface area contributed by atoms with Gasteiger partial charge in [-0.15, -0.1) is 0 Å². The molecule has 0 bridgehead atoms. The van der Waals surface area contributed by atoms with Crippen molar-refractivity contribution in [2.75, 3.05) is 13.1 Å². The zero-order valence-corrected chi connectivity index (χ0v) is 17.2. The molecule has 0 N–H and O–H groups in total. The van der Waals surface area contributed by atoms with Gasteiger partial charge in [0.1, 0.15) is 12.1 Å². The number of amides is 2. The van der Waals surface area contributed by atoms with Crippen LogP contribution in [0.2, 0.25) is 0 Å². The van der Waals surface area contributed by atoms with Gasteiger partial charge in [0.15, 0.2) is 0 Å². The van der Waals surface area contributed by atoms with Crippen LogP contribution in [0.15, 0.2) is 48.8 Å². The van der Waals surface area contributed by atoms with Gasteiger partial charge in [-0.05, 0) is 50.2 Å². The highest BCUT2D eigenvalue weighted by Gasteiger charge is 2.42. The van der Waals surface area contributed by atoms with Crippen LogP contribution in [0.5, 0.6) is 0 Å². The van der Waals surface area contributed by atoms with Crippen LogP contribution >= 0.6 is 0 Å². The summed E-state index contributed by atoms with van der Waals surface area (Å²) in [6, 6.07) is 10.9. The normalized spacial score (nSPS) is 21.2. The summed E-state index contributed by atoms with van der Waals surface area (Å²) in [7, 11) is 0. The Kier molecular flexibility index (Phi) is 6.26. The topological polar surface area (TPSA) is 75.5 Å². The highest BCUT2D eigenvalue weighted by Crippen LogP contribution is 2.26. The fourth-order valence-electron chi connectivity index (χ4n) is 4.58. The quantitative estimate of drug-likeness (QED) is 0.736. The first-order chi connectivity index (χ1) is 14.6. The molecule has 0 aliphatic carbocycles. The average molecular weight is 409 g/mol. The van der Waals surface area contributed by atoms with Crippen LogP contribution in [0.4, 0.5) is 0 Å². The number of carbonyl (C=O) groups excluding carboxylic acids is 3. The lowest BCUT2D eigenvalue weighted by Crippen LogP contribution is -2.51. The first kappa shape index (κ1) is 20.3. The van der Waals surface area contributed by atoms with E-state index in [1.165, 1.54) is 10.2 Å². The van der Waals surface area contributed by atoms with Crippen molar-refractivity contribution >= 4 is 17.7 Å². The van der Waals surface area contributed by atoms with Gasteiger partial charge in [0.25, 0.3) is 5.91 Å². The highest BCUT2D eigenvalue weighted by molar-refractivity contribution is 5.93. The lowest BCUT2D eigenvalue weighted by atomic mass is 10.1. The number of benzene rings is 1. The van der Waals surface area contributed by atoms with Crippen molar-refractivity contribution in [1.29, 1.82) is 0 Å². The molecule has 3 heterocycles. The minimum absolute atomic E-state index is 0.0379. The van der Waals surface area contributed by atoms with Crippen LogP contribution < -0.4 is 0 Å². The van der Waals surface area contributed by atoms with Crippen LogP contribution in [-0.2, 0) is 16.0 Å². The Balaban J connectivity index is 1.36. The Morgan fingerprint density at radius 3 is 2.30 bits per heavy atom. The molecule has 30 heavy (non-hydrogen) atoms. The van der Waals surface area contributed by atoms with Gasteiger partial charge in [-0.25, -0.2) is 4.68 Å².